The first-order chi connectivity index (χ1) is 5.26. The molecule has 2 nitrogen and oxygen atoms in total. The van der Waals surface area contributed by atoms with Crippen molar-refractivity contribution < 1.29 is 0 Å². The third kappa shape index (κ3) is 4.02. The molecule has 0 aromatic rings. The van der Waals surface area contributed by atoms with E-state index in [4.69, 9.17) is 12.3 Å². The van der Waals surface area contributed by atoms with Crippen LogP contribution in [0.15, 0.2) is 0 Å². The van der Waals surface area contributed by atoms with E-state index in [1.54, 1.807) is 0 Å². The maximum atomic E-state index is 5.37. The topological polar surface area (TPSA) is 38.0 Å². The summed E-state index contributed by atoms with van der Waals surface area (Å²) in [4.78, 5) is 0. The van der Waals surface area contributed by atoms with Gasteiger partial charge in [-0.1, -0.05) is 20.3 Å². The first-order valence-corrected chi connectivity index (χ1v) is 4.15. The Morgan fingerprint density at radius 3 is 2.64 bits per heavy atom. The summed E-state index contributed by atoms with van der Waals surface area (Å²) < 4.78 is 0. The van der Waals surface area contributed by atoms with Crippen LogP contribution in [0.3, 0.4) is 0 Å². The van der Waals surface area contributed by atoms with Crippen LogP contribution in [0, 0.1) is 18.3 Å². The minimum absolute atomic E-state index is 0.371. The van der Waals surface area contributed by atoms with E-state index in [-0.39, 0.29) is 0 Å². The quantitative estimate of drug-likeness (QED) is 0.355. The average Bonchev–Trinajstić information content (AvgIpc) is 2.05. The van der Waals surface area contributed by atoms with Gasteiger partial charge in [0.1, 0.15) is 0 Å². The van der Waals surface area contributed by atoms with Crippen molar-refractivity contribution in [1.82, 2.24) is 5.43 Å². The number of hydrogen-bond acceptors (Lipinski definition) is 2. The lowest BCUT2D eigenvalue weighted by molar-refractivity contribution is 0.356. The molecule has 2 unspecified atom stereocenters. The lowest BCUT2D eigenvalue weighted by atomic mass is 9.96. The Morgan fingerprint density at radius 1 is 1.64 bits per heavy atom. The maximum absolute atomic E-state index is 5.37. The highest BCUT2D eigenvalue weighted by Crippen LogP contribution is 2.11. The van der Waals surface area contributed by atoms with E-state index < -0.39 is 0 Å². The SMILES string of the molecule is C#CCCC(NN)C(C)CC. The van der Waals surface area contributed by atoms with E-state index >= 15 is 0 Å². The molecule has 0 radical (unpaired) electrons. The minimum atomic E-state index is 0.371. The van der Waals surface area contributed by atoms with Gasteiger partial charge in [0.2, 0.25) is 0 Å². The van der Waals surface area contributed by atoms with Gasteiger partial charge >= 0.3 is 0 Å². The van der Waals surface area contributed by atoms with Gasteiger partial charge in [-0.2, -0.15) is 0 Å². The summed E-state index contributed by atoms with van der Waals surface area (Å²) in [5.74, 6) is 8.59. The molecule has 2 heteroatoms. The van der Waals surface area contributed by atoms with Crippen molar-refractivity contribution in [3.63, 3.8) is 0 Å². The highest BCUT2D eigenvalue weighted by molar-refractivity contribution is 4.86. The Morgan fingerprint density at radius 2 is 2.27 bits per heavy atom. The van der Waals surface area contributed by atoms with Crippen LogP contribution in [0.5, 0.6) is 0 Å². The van der Waals surface area contributed by atoms with Crippen molar-refractivity contribution in [2.45, 2.75) is 39.2 Å². The first kappa shape index (κ1) is 10.5. The molecule has 0 bridgehead atoms. The molecule has 0 aliphatic heterocycles. The molecule has 0 amide bonds. The van der Waals surface area contributed by atoms with Crippen molar-refractivity contribution in [2.75, 3.05) is 0 Å². The fourth-order valence-corrected chi connectivity index (χ4v) is 1.06. The smallest absolute Gasteiger partial charge is 0.0245 e. The second-order valence-corrected chi connectivity index (χ2v) is 2.90. The molecule has 0 aromatic carbocycles. The minimum Gasteiger partial charge on any atom is -0.271 e. The summed E-state index contributed by atoms with van der Waals surface area (Å²) in [6.07, 6.45) is 8.07. The van der Waals surface area contributed by atoms with Gasteiger partial charge in [-0.3, -0.25) is 11.3 Å². The monoisotopic (exact) mass is 154 g/mol. The summed E-state index contributed by atoms with van der Waals surface area (Å²) in [5, 5.41) is 0. The third-order valence-corrected chi connectivity index (χ3v) is 2.14. The van der Waals surface area contributed by atoms with Crippen LogP contribution in [0.25, 0.3) is 0 Å². The van der Waals surface area contributed by atoms with E-state index in [1.807, 2.05) is 0 Å². The molecule has 0 saturated heterocycles. The first-order valence-electron chi connectivity index (χ1n) is 4.15. The zero-order valence-electron chi connectivity index (χ0n) is 7.43. The lowest BCUT2D eigenvalue weighted by Gasteiger charge is -2.20. The van der Waals surface area contributed by atoms with Crippen molar-refractivity contribution in [3.05, 3.63) is 0 Å². The third-order valence-electron chi connectivity index (χ3n) is 2.14. The van der Waals surface area contributed by atoms with Crippen LogP contribution >= 0.6 is 0 Å². The molecule has 2 atom stereocenters. The Balaban J connectivity index is 3.67. The molecule has 0 aliphatic carbocycles. The van der Waals surface area contributed by atoms with Crippen molar-refractivity contribution >= 4 is 0 Å². The van der Waals surface area contributed by atoms with Crippen molar-refractivity contribution in [2.24, 2.45) is 11.8 Å². The van der Waals surface area contributed by atoms with Gasteiger partial charge in [-0.05, 0) is 12.3 Å². The van der Waals surface area contributed by atoms with E-state index in [9.17, 15) is 0 Å². The second-order valence-electron chi connectivity index (χ2n) is 2.90. The highest BCUT2D eigenvalue weighted by atomic mass is 15.2. The van der Waals surface area contributed by atoms with Crippen LogP contribution in [0.1, 0.15) is 33.1 Å². The number of hydrazine groups is 1. The highest BCUT2D eigenvalue weighted by Gasteiger charge is 2.12. The number of nitrogens with two attached hydrogens (primary N) is 1. The van der Waals surface area contributed by atoms with Gasteiger partial charge in [0, 0.05) is 12.5 Å². The molecule has 11 heavy (non-hydrogen) atoms. The zero-order valence-corrected chi connectivity index (χ0v) is 7.43. The predicted molar refractivity (Wildman–Crippen MR) is 48.6 cm³/mol. The molecule has 0 spiro atoms. The Kier molecular flexibility index (Phi) is 5.91. The summed E-state index contributed by atoms with van der Waals surface area (Å²) in [6.45, 7) is 4.34. The molecule has 3 N–H and O–H groups in total. The van der Waals surface area contributed by atoms with Gasteiger partial charge in [-0.25, -0.2) is 0 Å². The van der Waals surface area contributed by atoms with E-state index in [2.05, 4.69) is 25.2 Å². The van der Waals surface area contributed by atoms with E-state index in [0.717, 1.165) is 19.3 Å². The number of rotatable bonds is 5. The van der Waals surface area contributed by atoms with Gasteiger partial charge in [0.15, 0.2) is 0 Å². The van der Waals surface area contributed by atoms with Crippen LogP contribution in [0.4, 0.5) is 0 Å². The van der Waals surface area contributed by atoms with Crippen LogP contribution in [-0.2, 0) is 0 Å². The van der Waals surface area contributed by atoms with Crippen LogP contribution < -0.4 is 11.3 Å². The van der Waals surface area contributed by atoms with Crippen molar-refractivity contribution in [3.8, 4) is 12.3 Å². The zero-order chi connectivity index (χ0) is 8.69. The summed E-state index contributed by atoms with van der Waals surface area (Å²) in [5.41, 5.74) is 2.79. The number of terminal acetylenes is 1. The Labute approximate surface area is 69.5 Å². The Hall–Kier alpha value is -0.520. The Bertz CT molecular complexity index is 126. The van der Waals surface area contributed by atoms with Crippen molar-refractivity contribution in [1.29, 1.82) is 0 Å². The normalized spacial score (nSPS) is 15.5. The number of hydrogen-bond donors (Lipinski definition) is 2. The maximum Gasteiger partial charge on any atom is 0.0245 e. The lowest BCUT2D eigenvalue weighted by Crippen LogP contribution is -2.39. The molecule has 64 valence electrons. The number of nitrogens with one attached hydrogen (secondary N) is 1. The molecule has 0 fully saturated rings. The van der Waals surface area contributed by atoms with E-state index in [0.29, 0.717) is 12.0 Å². The van der Waals surface area contributed by atoms with E-state index in [1.165, 1.54) is 0 Å². The fraction of sp³-hybridized carbons (Fsp3) is 0.778. The van der Waals surface area contributed by atoms with Gasteiger partial charge < -0.3 is 0 Å². The average molecular weight is 154 g/mol. The van der Waals surface area contributed by atoms with Gasteiger partial charge in [0.05, 0.1) is 0 Å². The molecule has 0 aliphatic rings. The summed E-state index contributed by atoms with van der Waals surface area (Å²) in [6, 6.07) is 0.371. The molecular weight excluding hydrogens is 136 g/mol. The molecule has 0 aromatic heterocycles. The molecule has 0 heterocycles. The standard InChI is InChI=1S/C9H18N2/c1-4-6-7-9(11-10)8(3)5-2/h1,8-9,11H,5-7,10H2,2-3H3. The summed E-state index contributed by atoms with van der Waals surface area (Å²) in [7, 11) is 0. The second kappa shape index (κ2) is 6.21. The van der Waals surface area contributed by atoms with Crippen LogP contribution in [0.2, 0.25) is 0 Å². The fourth-order valence-electron chi connectivity index (χ4n) is 1.06. The van der Waals surface area contributed by atoms with Gasteiger partial charge in [-0.15, -0.1) is 12.3 Å². The molecule has 0 saturated carbocycles. The summed E-state index contributed by atoms with van der Waals surface area (Å²) >= 11 is 0. The van der Waals surface area contributed by atoms with Crippen LogP contribution in [-0.4, -0.2) is 6.04 Å². The van der Waals surface area contributed by atoms with Gasteiger partial charge in [0.25, 0.3) is 0 Å². The molecule has 0 rings (SSSR count). The largest absolute Gasteiger partial charge is 0.271 e. The molecular formula is C9H18N2. The predicted octanol–water partition coefficient (Wildman–Crippen LogP) is 1.28.